The summed E-state index contributed by atoms with van der Waals surface area (Å²) in [5.74, 6) is -0.198. The summed E-state index contributed by atoms with van der Waals surface area (Å²) in [6, 6.07) is 23.8. The molecule has 0 aromatic heterocycles. The minimum atomic E-state index is -0.400. The van der Waals surface area contributed by atoms with E-state index in [4.69, 9.17) is 4.74 Å². The Bertz CT molecular complexity index is 1100. The van der Waals surface area contributed by atoms with E-state index in [0.717, 1.165) is 11.3 Å². The van der Waals surface area contributed by atoms with Crippen LogP contribution in [0.5, 0.6) is 5.75 Å². The molecule has 0 aliphatic carbocycles. The van der Waals surface area contributed by atoms with E-state index < -0.39 is 5.91 Å². The van der Waals surface area contributed by atoms with Gasteiger partial charge in [-0.2, -0.15) is 0 Å². The fraction of sp³-hybridized carbons (Fsp3) is 0.0833. The smallest absolute Gasteiger partial charge is 0.282 e. The highest BCUT2D eigenvalue weighted by Gasteiger charge is 2.40. The molecule has 3 aromatic rings. The molecule has 0 fully saturated rings. The number of methoxy groups -OCH3 is 1. The van der Waals surface area contributed by atoms with Crippen LogP contribution in [-0.4, -0.2) is 18.9 Å². The first-order valence-corrected chi connectivity index (χ1v) is 9.24. The van der Waals surface area contributed by atoms with E-state index in [0.29, 0.717) is 22.6 Å². The molecule has 0 saturated carbocycles. The van der Waals surface area contributed by atoms with Crippen molar-refractivity contribution in [3.8, 4) is 5.75 Å². The van der Waals surface area contributed by atoms with Crippen molar-refractivity contribution in [2.75, 3.05) is 17.3 Å². The zero-order chi connectivity index (χ0) is 20.4. The average molecular weight is 384 g/mol. The topological polar surface area (TPSA) is 58.6 Å². The van der Waals surface area contributed by atoms with Crippen molar-refractivity contribution in [1.29, 1.82) is 0 Å². The number of amides is 2. The number of nitrogens with one attached hydrogen (secondary N) is 1. The third-order valence-electron chi connectivity index (χ3n) is 4.78. The summed E-state index contributed by atoms with van der Waals surface area (Å²) in [6.45, 7) is 1.99. The fourth-order valence-electron chi connectivity index (χ4n) is 3.28. The molecule has 144 valence electrons. The molecule has 1 aliphatic rings. The molecule has 1 heterocycles. The van der Waals surface area contributed by atoms with Crippen molar-refractivity contribution in [1.82, 2.24) is 0 Å². The van der Waals surface area contributed by atoms with Gasteiger partial charge in [-0.15, -0.1) is 0 Å². The van der Waals surface area contributed by atoms with Gasteiger partial charge in [0.2, 0.25) is 0 Å². The lowest BCUT2D eigenvalue weighted by Crippen LogP contribution is -2.32. The lowest BCUT2D eigenvalue weighted by Gasteiger charge is -2.16. The van der Waals surface area contributed by atoms with E-state index in [9.17, 15) is 9.59 Å². The maximum Gasteiger partial charge on any atom is 0.282 e. The van der Waals surface area contributed by atoms with Crippen LogP contribution >= 0.6 is 0 Å². The van der Waals surface area contributed by atoms with Crippen molar-refractivity contribution in [2.45, 2.75) is 6.92 Å². The van der Waals surface area contributed by atoms with Gasteiger partial charge in [-0.3, -0.25) is 9.59 Å². The molecule has 0 atom stereocenters. The maximum absolute atomic E-state index is 13.3. The summed E-state index contributed by atoms with van der Waals surface area (Å²) in [5, 5.41) is 3.16. The minimum absolute atomic E-state index is 0.257. The van der Waals surface area contributed by atoms with Crippen LogP contribution in [0.15, 0.2) is 84.6 Å². The largest absolute Gasteiger partial charge is 0.497 e. The van der Waals surface area contributed by atoms with Crippen LogP contribution in [0, 0.1) is 6.92 Å². The van der Waals surface area contributed by atoms with Gasteiger partial charge in [0.1, 0.15) is 11.4 Å². The molecule has 4 rings (SSSR count). The van der Waals surface area contributed by atoms with Crippen molar-refractivity contribution < 1.29 is 14.3 Å². The molecule has 0 radical (unpaired) electrons. The first-order valence-electron chi connectivity index (χ1n) is 9.24. The second-order valence-electron chi connectivity index (χ2n) is 6.75. The summed E-state index contributed by atoms with van der Waals surface area (Å²) in [4.78, 5) is 27.8. The summed E-state index contributed by atoms with van der Waals surface area (Å²) in [5.41, 5.74) is 3.61. The number of hydrogen-bond acceptors (Lipinski definition) is 4. The first kappa shape index (κ1) is 18.5. The van der Waals surface area contributed by atoms with Gasteiger partial charge < -0.3 is 10.1 Å². The normalized spacial score (nSPS) is 13.8. The van der Waals surface area contributed by atoms with Crippen molar-refractivity contribution in [2.24, 2.45) is 0 Å². The molecule has 1 N–H and O–H groups in total. The van der Waals surface area contributed by atoms with E-state index in [1.54, 1.807) is 31.4 Å². The number of nitrogens with zero attached hydrogens (tertiary/aromatic N) is 1. The predicted molar refractivity (Wildman–Crippen MR) is 114 cm³/mol. The lowest BCUT2D eigenvalue weighted by molar-refractivity contribution is -0.120. The molecule has 5 nitrogen and oxygen atoms in total. The van der Waals surface area contributed by atoms with E-state index >= 15 is 0 Å². The summed E-state index contributed by atoms with van der Waals surface area (Å²) >= 11 is 0. The number of carbonyl (C=O) groups is 2. The first-order chi connectivity index (χ1) is 14.1. The highest BCUT2D eigenvalue weighted by Crippen LogP contribution is 2.34. The van der Waals surface area contributed by atoms with Gasteiger partial charge in [-0.05, 0) is 36.8 Å². The molecule has 0 spiro atoms. The summed E-state index contributed by atoms with van der Waals surface area (Å²) < 4.78 is 5.25. The third-order valence-corrected chi connectivity index (χ3v) is 4.78. The van der Waals surface area contributed by atoms with E-state index in [1.165, 1.54) is 4.90 Å². The Morgan fingerprint density at radius 2 is 1.55 bits per heavy atom. The number of carbonyl (C=O) groups excluding carboxylic acids is 2. The molecule has 3 aromatic carbocycles. The second-order valence-corrected chi connectivity index (χ2v) is 6.75. The molecular formula is C24H20N2O3. The molecule has 1 aliphatic heterocycles. The van der Waals surface area contributed by atoms with Gasteiger partial charge in [-0.25, -0.2) is 4.90 Å². The average Bonchev–Trinajstić information content (AvgIpc) is 2.99. The van der Waals surface area contributed by atoms with Crippen molar-refractivity contribution in [3.63, 3.8) is 0 Å². The second kappa shape index (κ2) is 7.64. The van der Waals surface area contributed by atoms with Gasteiger partial charge in [0.05, 0.1) is 18.4 Å². The van der Waals surface area contributed by atoms with Crippen LogP contribution in [0.2, 0.25) is 0 Å². The lowest BCUT2D eigenvalue weighted by atomic mass is 10.0. The molecular weight excluding hydrogens is 364 g/mol. The maximum atomic E-state index is 13.3. The van der Waals surface area contributed by atoms with Crippen LogP contribution in [0.4, 0.5) is 11.4 Å². The number of aryl methyl sites for hydroxylation is 1. The Balaban J connectivity index is 1.80. The zero-order valence-corrected chi connectivity index (χ0v) is 16.2. The van der Waals surface area contributed by atoms with Crippen LogP contribution in [0.3, 0.4) is 0 Å². The summed E-state index contributed by atoms with van der Waals surface area (Å²) in [6.07, 6.45) is 0. The van der Waals surface area contributed by atoms with Crippen LogP contribution in [-0.2, 0) is 9.59 Å². The molecule has 0 bridgehead atoms. The number of rotatable bonds is 5. The van der Waals surface area contributed by atoms with Gasteiger partial charge in [0, 0.05) is 11.8 Å². The monoisotopic (exact) mass is 384 g/mol. The van der Waals surface area contributed by atoms with Gasteiger partial charge in [0.25, 0.3) is 11.8 Å². The third kappa shape index (κ3) is 3.50. The number of anilines is 2. The number of benzene rings is 3. The SMILES string of the molecule is COc1cccc(N2C(=O)C(Nc3ccc(C)cc3)=C(c3ccccc3)C2=O)c1. The Kier molecular flexibility index (Phi) is 4.87. The zero-order valence-electron chi connectivity index (χ0n) is 16.2. The standard InChI is InChI=1S/C24H20N2O3/c1-16-11-13-18(14-12-16)25-22-21(17-7-4-3-5-8-17)23(27)26(24(22)28)19-9-6-10-20(15-19)29-2/h3-15,25H,1-2H3. The fourth-order valence-corrected chi connectivity index (χ4v) is 3.28. The highest BCUT2D eigenvalue weighted by molar-refractivity contribution is 6.46. The Morgan fingerprint density at radius 1 is 0.828 bits per heavy atom. The number of imide groups is 1. The van der Waals surface area contributed by atoms with Gasteiger partial charge >= 0.3 is 0 Å². The Labute approximate surface area is 169 Å². The van der Waals surface area contributed by atoms with Gasteiger partial charge in [0.15, 0.2) is 0 Å². The quantitative estimate of drug-likeness (QED) is 0.663. The van der Waals surface area contributed by atoms with E-state index in [2.05, 4.69) is 5.32 Å². The van der Waals surface area contributed by atoms with Crippen molar-refractivity contribution >= 4 is 28.8 Å². The molecule has 5 heteroatoms. The highest BCUT2D eigenvalue weighted by atomic mass is 16.5. The van der Waals surface area contributed by atoms with Crippen LogP contribution < -0.4 is 15.0 Å². The summed E-state index contributed by atoms with van der Waals surface area (Å²) in [7, 11) is 1.55. The predicted octanol–water partition coefficient (Wildman–Crippen LogP) is 4.40. The number of hydrogen-bond donors (Lipinski definition) is 1. The van der Waals surface area contributed by atoms with E-state index in [-0.39, 0.29) is 11.6 Å². The van der Waals surface area contributed by atoms with Crippen molar-refractivity contribution in [3.05, 3.63) is 95.7 Å². The van der Waals surface area contributed by atoms with E-state index in [1.807, 2.05) is 61.5 Å². The van der Waals surface area contributed by atoms with Crippen LogP contribution in [0.25, 0.3) is 5.57 Å². The van der Waals surface area contributed by atoms with Gasteiger partial charge in [-0.1, -0.05) is 54.1 Å². The minimum Gasteiger partial charge on any atom is -0.497 e. The Hall–Kier alpha value is -3.86. The molecule has 2 amide bonds. The van der Waals surface area contributed by atoms with Crippen LogP contribution in [0.1, 0.15) is 11.1 Å². The molecule has 0 unspecified atom stereocenters. The Morgan fingerprint density at radius 3 is 2.24 bits per heavy atom. The molecule has 0 saturated heterocycles. The molecule has 29 heavy (non-hydrogen) atoms. The number of ether oxygens (including phenoxy) is 1.